The van der Waals surface area contributed by atoms with Gasteiger partial charge in [-0.05, 0) is 41.5 Å². The van der Waals surface area contributed by atoms with E-state index in [0.717, 1.165) is 25.9 Å². The van der Waals surface area contributed by atoms with Crippen molar-refractivity contribution in [1.82, 2.24) is 5.32 Å². The van der Waals surface area contributed by atoms with E-state index in [9.17, 15) is 4.79 Å². The van der Waals surface area contributed by atoms with E-state index >= 15 is 0 Å². The van der Waals surface area contributed by atoms with Crippen molar-refractivity contribution in [3.63, 3.8) is 0 Å². The van der Waals surface area contributed by atoms with Crippen molar-refractivity contribution < 1.29 is 47.4 Å². The first-order chi connectivity index (χ1) is 22.3. The van der Waals surface area contributed by atoms with Crippen LogP contribution in [0.15, 0.2) is 48.5 Å². The van der Waals surface area contributed by atoms with Crippen LogP contribution in [-0.4, -0.2) is 118 Å². The summed E-state index contributed by atoms with van der Waals surface area (Å²) in [5.74, 6) is 0.0437. The molecule has 0 bridgehead atoms. The second-order valence-electron chi connectivity index (χ2n) is 10.6. The van der Waals surface area contributed by atoms with E-state index in [0.29, 0.717) is 99.0 Å². The second kappa shape index (κ2) is 22.0. The standard InChI is InChI=1S/C34H49NO10/c36-34(45-27-32-30-9-3-1-7-28(30)29-8-2-4-10-31(29)32)35-12-14-37-15-16-38-17-18-39-19-20-40-21-22-41-23-24-42-25-26-44-33-11-5-6-13-43-33/h1-4,7-10,32-33H,5-6,11-27H2,(H,35,36). The number of carbonyl (C=O) groups is 1. The maximum absolute atomic E-state index is 12.2. The zero-order chi connectivity index (χ0) is 31.2. The fourth-order valence-electron chi connectivity index (χ4n) is 5.16. The number of hydrogen-bond acceptors (Lipinski definition) is 10. The molecule has 1 aliphatic carbocycles. The maximum Gasteiger partial charge on any atom is 0.407 e. The minimum Gasteiger partial charge on any atom is -0.449 e. The van der Waals surface area contributed by atoms with Crippen molar-refractivity contribution in [1.29, 1.82) is 0 Å². The first-order valence-corrected chi connectivity index (χ1v) is 16.1. The van der Waals surface area contributed by atoms with E-state index in [1.807, 2.05) is 24.3 Å². The zero-order valence-corrected chi connectivity index (χ0v) is 26.3. The number of nitrogens with one attached hydrogen (secondary N) is 1. The molecule has 1 fully saturated rings. The van der Waals surface area contributed by atoms with Crippen LogP contribution in [0.1, 0.15) is 36.3 Å². The topological polar surface area (TPSA) is 112 Å². The molecular formula is C34H49NO10. The molecule has 2 aliphatic rings. The molecule has 1 heterocycles. The fourth-order valence-corrected chi connectivity index (χ4v) is 5.16. The Morgan fingerprint density at radius 2 is 1.13 bits per heavy atom. The van der Waals surface area contributed by atoms with Gasteiger partial charge in [-0.3, -0.25) is 0 Å². The highest BCUT2D eigenvalue weighted by Gasteiger charge is 2.28. The summed E-state index contributed by atoms with van der Waals surface area (Å²) < 4.78 is 49.6. The van der Waals surface area contributed by atoms with Crippen molar-refractivity contribution in [2.45, 2.75) is 31.5 Å². The molecule has 0 radical (unpaired) electrons. The van der Waals surface area contributed by atoms with Gasteiger partial charge < -0.3 is 47.9 Å². The Bertz CT molecular complexity index is 1030. The predicted octanol–water partition coefficient (Wildman–Crippen LogP) is 4.17. The highest BCUT2D eigenvalue weighted by Crippen LogP contribution is 2.44. The number of carbonyl (C=O) groups excluding carboxylic acids is 1. The number of benzene rings is 2. The third-order valence-corrected chi connectivity index (χ3v) is 7.39. The summed E-state index contributed by atoms with van der Waals surface area (Å²) in [7, 11) is 0. The Hall–Kier alpha value is -2.61. The lowest BCUT2D eigenvalue weighted by Gasteiger charge is -2.22. The molecule has 0 spiro atoms. The zero-order valence-electron chi connectivity index (χ0n) is 26.3. The molecular weight excluding hydrogens is 582 g/mol. The highest BCUT2D eigenvalue weighted by atomic mass is 16.7. The van der Waals surface area contributed by atoms with Crippen LogP contribution >= 0.6 is 0 Å². The summed E-state index contributed by atoms with van der Waals surface area (Å²) in [6, 6.07) is 16.5. The summed E-state index contributed by atoms with van der Waals surface area (Å²) in [5, 5.41) is 2.74. The monoisotopic (exact) mass is 631 g/mol. The summed E-state index contributed by atoms with van der Waals surface area (Å²) in [5.41, 5.74) is 4.79. The van der Waals surface area contributed by atoms with Gasteiger partial charge in [0.1, 0.15) is 6.61 Å². The van der Waals surface area contributed by atoms with Crippen LogP contribution in [0.4, 0.5) is 4.79 Å². The maximum atomic E-state index is 12.2. The first kappa shape index (κ1) is 35.2. The van der Waals surface area contributed by atoms with Crippen LogP contribution in [0.3, 0.4) is 0 Å². The van der Waals surface area contributed by atoms with Crippen molar-refractivity contribution in [3.05, 3.63) is 59.7 Å². The van der Waals surface area contributed by atoms with E-state index in [4.69, 9.17) is 42.6 Å². The molecule has 2 aromatic rings. The lowest BCUT2D eigenvalue weighted by Crippen LogP contribution is -2.29. The van der Waals surface area contributed by atoms with Crippen molar-refractivity contribution in [3.8, 4) is 11.1 Å². The van der Waals surface area contributed by atoms with Crippen LogP contribution in [0, 0.1) is 0 Å². The van der Waals surface area contributed by atoms with Gasteiger partial charge in [0.15, 0.2) is 6.29 Å². The Balaban J connectivity index is 0.852. The lowest BCUT2D eigenvalue weighted by molar-refractivity contribution is -0.169. The molecule has 11 heteroatoms. The van der Waals surface area contributed by atoms with E-state index in [1.165, 1.54) is 22.3 Å². The molecule has 1 N–H and O–H groups in total. The average Bonchev–Trinajstić information content (AvgIpc) is 3.40. The van der Waals surface area contributed by atoms with Gasteiger partial charge in [0, 0.05) is 19.1 Å². The third-order valence-electron chi connectivity index (χ3n) is 7.39. The van der Waals surface area contributed by atoms with E-state index < -0.39 is 6.09 Å². The number of amides is 1. The van der Waals surface area contributed by atoms with Crippen molar-refractivity contribution >= 4 is 6.09 Å². The molecule has 1 aliphatic heterocycles. The van der Waals surface area contributed by atoms with Crippen molar-refractivity contribution in [2.75, 3.05) is 106 Å². The average molecular weight is 632 g/mol. The molecule has 2 aromatic carbocycles. The highest BCUT2D eigenvalue weighted by molar-refractivity contribution is 5.79. The molecule has 0 saturated carbocycles. The van der Waals surface area contributed by atoms with Gasteiger partial charge >= 0.3 is 6.09 Å². The SMILES string of the molecule is O=C(NCCOCCOCCOCCOCCOCCOCCOC1CCCCO1)OCC1c2ccccc2-c2ccccc21. The number of hydrogen-bond donors (Lipinski definition) is 1. The fraction of sp³-hybridized carbons (Fsp3) is 0.618. The van der Waals surface area contributed by atoms with Crippen LogP contribution in [0.2, 0.25) is 0 Å². The Kier molecular flexibility index (Phi) is 17.2. The molecule has 0 aromatic heterocycles. The molecule has 11 nitrogen and oxygen atoms in total. The van der Waals surface area contributed by atoms with Crippen LogP contribution in [0.5, 0.6) is 0 Å². The molecule has 1 unspecified atom stereocenters. The van der Waals surface area contributed by atoms with Crippen LogP contribution in [-0.2, 0) is 42.6 Å². The van der Waals surface area contributed by atoms with Gasteiger partial charge in [0.2, 0.25) is 0 Å². The number of ether oxygens (including phenoxy) is 9. The Labute approximate surface area is 266 Å². The third kappa shape index (κ3) is 13.3. The van der Waals surface area contributed by atoms with Gasteiger partial charge in [0.25, 0.3) is 0 Å². The first-order valence-electron chi connectivity index (χ1n) is 16.1. The van der Waals surface area contributed by atoms with Gasteiger partial charge in [-0.25, -0.2) is 4.79 Å². The second-order valence-corrected chi connectivity index (χ2v) is 10.6. The number of fused-ring (bicyclic) bond motifs is 3. The molecule has 1 atom stereocenters. The summed E-state index contributed by atoms with van der Waals surface area (Å²) >= 11 is 0. The van der Waals surface area contributed by atoms with Gasteiger partial charge in [0.05, 0.1) is 85.9 Å². The Morgan fingerprint density at radius 1 is 0.644 bits per heavy atom. The summed E-state index contributed by atoms with van der Waals surface area (Å²) in [6.07, 6.45) is 2.73. The van der Waals surface area contributed by atoms with Gasteiger partial charge in [-0.15, -0.1) is 0 Å². The molecule has 45 heavy (non-hydrogen) atoms. The molecule has 4 rings (SSSR count). The number of rotatable bonds is 24. The van der Waals surface area contributed by atoms with E-state index in [-0.39, 0.29) is 12.2 Å². The van der Waals surface area contributed by atoms with Crippen LogP contribution in [0.25, 0.3) is 11.1 Å². The molecule has 250 valence electrons. The number of alkyl carbamates (subject to hydrolysis) is 1. The van der Waals surface area contributed by atoms with Crippen molar-refractivity contribution in [2.24, 2.45) is 0 Å². The molecule has 1 amide bonds. The predicted molar refractivity (Wildman–Crippen MR) is 168 cm³/mol. The largest absolute Gasteiger partial charge is 0.449 e. The summed E-state index contributed by atoms with van der Waals surface area (Å²) in [6.45, 7) is 7.82. The summed E-state index contributed by atoms with van der Waals surface area (Å²) in [4.78, 5) is 12.2. The lowest BCUT2D eigenvalue weighted by atomic mass is 9.98. The minimum absolute atomic E-state index is 0.0437. The van der Waals surface area contributed by atoms with E-state index in [2.05, 4.69) is 29.6 Å². The van der Waals surface area contributed by atoms with Crippen LogP contribution < -0.4 is 5.32 Å². The Morgan fingerprint density at radius 3 is 1.64 bits per heavy atom. The van der Waals surface area contributed by atoms with Gasteiger partial charge in [-0.2, -0.15) is 0 Å². The van der Waals surface area contributed by atoms with Gasteiger partial charge in [-0.1, -0.05) is 48.5 Å². The molecule has 1 saturated heterocycles. The quantitative estimate of drug-likeness (QED) is 0.170. The smallest absolute Gasteiger partial charge is 0.407 e. The van der Waals surface area contributed by atoms with E-state index in [1.54, 1.807) is 0 Å². The minimum atomic E-state index is -0.446. The normalized spacial score (nSPS) is 16.0.